The summed E-state index contributed by atoms with van der Waals surface area (Å²) in [5, 5.41) is 6.68. The normalized spacial score (nSPS) is 12.5. The third-order valence-electron chi connectivity index (χ3n) is 3.93. The van der Waals surface area contributed by atoms with Crippen molar-refractivity contribution >= 4 is 29.9 Å². The third-order valence-corrected chi connectivity index (χ3v) is 3.93. The Morgan fingerprint density at radius 1 is 1.12 bits per heavy atom. The molecule has 1 atom stereocenters. The zero-order valence-corrected chi connectivity index (χ0v) is 19.2. The molecule has 7 heteroatoms. The predicted octanol–water partition coefficient (Wildman–Crippen LogP) is 2.83. The number of hydrogen-bond donors (Lipinski definition) is 2. The molecule has 1 rings (SSSR count). The molecule has 0 aliphatic heterocycles. The first-order chi connectivity index (χ1) is 12.0. The lowest BCUT2D eigenvalue weighted by molar-refractivity contribution is 0.254. The summed E-state index contributed by atoms with van der Waals surface area (Å²) in [6.07, 6.45) is 1.15. The molecule has 2 N–H and O–H groups in total. The first kappa shape index (κ1) is 24.8. The van der Waals surface area contributed by atoms with Crippen LogP contribution >= 0.6 is 24.0 Å². The molecule has 1 unspecified atom stereocenters. The minimum Gasteiger partial charge on any atom is -0.497 e. The first-order valence-corrected chi connectivity index (χ1v) is 8.84. The Hall–Kier alpha value is -1.22. The monoisotopic (exact) mass is 478 g/mol. The van der Waals surface area contributed by atoms with Crippen molar-refractivity contribution in [1.82, 2.24) is 15.5 Å². The topological polar surface area (TPSA) is 58.1 Å². The van der Waals surface area contributed by atoms with E-state index in [0.717, 1.165) is 30.4 Å². The minimum atomic E-state index is 0. The van der Waals surface area contributed by atoms with Gasteiger partial charge < -0.3 is 25.0 Å². The van der Waals surface area contributed by atoms with E-state index in [9.17, 15) is 0 Å². The molecule has 1 aromatic rings. The highest BCUT2D eigenvalue weighted by Crippen LogP contribution is 2.16. The van der Waals surface area contributed by atoms with Gasteiger partial charge in [-0.15, -0.1) is 24.0 Å². The molecule has 0 spiro atoms. The largest absolute Gasteiger partial charge is 0.497 e. The SMILES string of the molecule is CN=C(NCCOc1ccc(OC)cc1)NCC(CC(C)C)N(C)C.I. The molecule has 0 heterocycles. The van der Waals surface area contributed by atoms with Crippen LogP contribution < -0.4 is 20.1 Å². The maximum absolute atomic E-state index is 5.71. The van der Waals surface area contributed by atoms with Gasteiger partial charge in [-0.2, -0.15) is 0 Å². The number of rotatable bonds is 10. The van der Waals surface area contributed by atoms with Crippen LogP contribution in [0, 0.1) is 5.92 Å². The zero-order valence-electron chi connectivity index (χ0n) is 16.9. The summed E-state index contributed by atoms with van der Waals surface area (Å²) in [5.74, 6) is 3.12. The highest BCUT2D eigenvalue weighted by Gasteiger charge is 2.13. The zero-order chi connectivity index (χ0) is 18.7. The molecule has 6 nitrogen and oxygen atoms in total. The van der Waals surface area contributed by atoms with Crippen LogP contribution in [0.25, 0.3) is 0 Å². The van der Waals surface area contributed by atoms with Crippen LogP contribution in [0.15, 0.2) is 29.3 Å². The van der Waals surface area contributed by atoms with E-state index < -0.39 is 0 Å². The summed E-state index contributed by atoms with van der Waals surface area (Å²) in [6.45, 7) is 6.61. The van der Waals surface area contributed by atoms with Crippen LogP contribution in [-0.4, -0.2) is 64.9 Å². The van der Waals surface area contributed by atoms with Crippen LogP contribution in [-0.2, 0) is 0 Å². The van der Waals surface area contributed by atoms with Crippen molar-refractivity contribution in [3.8, 4) is 11.5 Å². The number of aliphatic imine (C=N–C) groups is 1. The molecule has 150 valence electrons. The van der Waals surface area contributed by atoms with Gasteiger partial charge in [-0.05, 0) is 50.7 Å². The Balaban J connectivity index is 0.00000625. The molecule has 0 aromatic heterocycles. The third kappa shape index (κ3) is 10.1. The predicted molar refractivity (Wildman–Crippen MR) is 120 cm³/mol. The van der Waals surface area contributed by atoms with Gasteiger partial charge >= 0.3 is 0 Å². The smallest absolute Gasteiger partial charge is 0.191 e. The van der Waals surface area contributed by atoms with Crippen molar-refractivity contribution in [1.29, 1.82) is 0 Å². The van der Waals surface area contributed by atoms with Crippen molar-refractivity contribution in [3.63, 3.8) is 0 Å². The summed E-state index contributed by atoms with van der Waals surface area (Å²) in [5.41, 5.74) is 0. The molecule has 0 bridgehead atoms. The summed E-state index contributed by atoms with van der Waals surface area (Å²) >= 11 is 0. The highest BCUT2D eigenvalue weighted by atomic mass is 127. The van der Waals surface area contributed by atoms with Crippen molar-refractivity contribution in [2.24, 2.45) is 10.9 Å². The fourth-order valence-corrected chi connectivity index (χ4v) is 2.47. The van der Waals surface area contributed by atoms with Crippen LogP contribution in [0.4, 0.5) is 0 Å². The maximum atomic E-state index is 5.71. The molecule has 0 radical (unpaired) electrons. The molecule has 26 heavy (non-hydrogen) atoms. The quantitative estimate of drug-likeness (QED) is 0.235. The molecule has 0 saturated heterocycles. The van der Waals surface area contributed by atoms with Crippen LogP contribution in [0.1, 0.15) is 20.3 Å². The van der Waals surface area contributed by atoms with E-state index in [2.05, 4.69) is 48.5 Å². The van der Waals surface area contributed by atoms with Gasteiger partial charge in [-0.1, -0.05) is 13.8 Å². The average molecular weight is 478 g/mol. The molecule has 0 fully saturated rings. The van der Waals surface area contributed by atoms with Crippen molar-refractivity contribution < 1.29 is 9.47 Å². The van der Waals surface area contributed by atoms with E-state index in [1.165, 1.54) is 0 Å². The Labute approximate surface area is 175 Å². The minimum absolute atomic E-state index is 0. The highest BCUT2D eigenvalue weighted by molar-refractivity contribution is 14.0. The number of methoxy groups -OCH3 is 1. The number of guanidine groups is 1. The van der Waals surface area contributed by atoms with Gasteiger partial charge in [0, 0.05) is 19.6 Å². The van der Waals surface area contributed by atoms with Gasteiger partial charge in [-0.25, -0.2) is 0 Å². The Kier molecular flexibility index (Phi) is 13.3. The van der Waals surface area contributed by atoms with Crippen LogP contribution in [0.3, 0.4) is 0 Å². The number of nitrogens with zero attached hydrogens (tertiary/aromatic N) is 2. The van der Waals surface area contributed by atoms with Gasteiger partial charge in [0.1, 0.15) is 18.1 Å². The molecular weight excluding hydrogens is 443 g/mol. The maximum Gasteiger partial charge on any atom is 0.191 e. The molecule has 1 aromatic carbocycles. The second-order valence-corrected chi connectivity index (χ2v) is 6.65. The molecule has 0 amide bonds. The number of halogens is 1. The van der Waals surface area contributed by atoms with Crippen LogP contribution in [0.2, 0.25) is 0 Å². The van der Waals surface area contributed by atoms with Gasteiger partial charge in [0.15, 0.2) is 5.96 Å². The van der Waals surface area contributed by atoms with E-state index >= 15 is 0 Å². The van der Waals surface area contributed by atoms with E-state index in [-0.39, 0.29) is 24.0 Å². The number of nitrogens with one attached hydrogen (secondary N) is 2. The van der Waals surface area contributed by atoms with E-state index in [0.29, 0.717) is 25.1 Å². The number of hydrogen-bond acceptors (Lipinski definition) is 4. The van der Waals surface area contributed by atoms with E-state index in [4.69, 9.17) is 9.47 Å². The van der Waals surface area contributed by atoms with Gasteiger partial charge in [0.25, 0.3) is 0 Å². The molecular formula is C19H35IN4O2. The second-order valence-electron chi connectivity index (χ2n) is 6.65. The fourth-order valence-electron chi connectivity index (χ4n) is 2.47. The van der Waals surface area contributed by atoms with Gasteiger partial charge in [-0.3, -0.25) is 4.99 Å². The summed E-state index contributed by atoms with van der Waals surface area (Å²) < 4.78 is 10.8. The standard InChI is InChI=1S/C19H34N4O2.HI/c1-15(2)13-16(23(4)5)14-22-19(20-3)21-11-12-25-18-9-7-17(24-6)8-10-18;/h7-10,15-16H,11-14H2,1-6H3,(H2,20,21,22);1H. The van der Waals surface area contributed by atoms with Gasteiger partial charge in [0.2, 0.25) is 0 Å². The lowest BCUT2D eigenvalue weighted by atomic mass is 10.0. The Bertz CT molecular complexity index is 507. The lowest BCUT2D eigenvalue weighted by Crippen LogP contribution is -2.46. The van der Waals surface area contributed by atoms with E-state index in [1.54, 1.807) is 14.2 Å². The number of likely N-dealkylation sites (N-methyl/N-ethyl adjacent to an activating group) is 1. The van der Waals surface area contributed by atoms with Crippen LogP contribution in [0.5, 0.6) is 11.5 Å². The van der Waals surface area contributed by atoms with Crippen molar-refractivity contribution in [3.05, 3.63) is 24.3 Å². The van der Waals surface area contributed by atoms with Gasteiger partial charge in [0.05, 0.1) is 13.7 Å². The molecule has 0 aliphatic carbocycles. The first-order valence-electron chi connectivity index (χ1n) is 8.84. The average Bonchev–Trinajstić information content (AvgIpc) is 2.60. The number of benzene rings is 1. The second kappa shape index (κ2) is 13.9. The molecule has 0 aliphatic rings. The number of ether oxygens (including phenoxy) is 2. The Morgan fingerprint density at radius 3 is 2.23 bits per heavy atom. The summed E-state index contributed by atoms with van der Waals surface area (Å²) in [6, 6.07) is 8.06. The molecule has 0 saturated carbocycles. The summed E-state index contributed by atoms with van der Waals surface area (Å²) in [7, 11) is 7.68. The fraction of sp³-hybridized carbons (Fsp3) is 0.632. The Morgan fingerprint density at radius 2 is 1.73 bits per heavy atom. The summed E-state index contributed by atoms with van der Waals surface area (Å²) in [4.78, 5) is 6.53. The lowest BCUT2D eigenvalue weighted by Gasteiger charge is -2.27. The van der Waals surface area contributed by atoms with Crippen molar-refractivity contribution in [2.45, 2.75) is 26.3 Å². The van der Waals surface area contributed by atoms with Crippen molar-refractivity contribution in [2.75, 3.05) is 47.9 Å². The van der Waals surface area contributed by atoms with E-state index in [1.807, 2.05) is 24.3 Å².